The van der Waals surface area contributed by atoms with E-state index in [1.54, 1.807) is 0 Å². The molecule has 0 saturated carbocycles. The number of hydrogen-bond donors (Lipinski definition) is 0. The van der Waals surface area contributed by atoms with Crippen LogP contribution in [0.4, 0.5) is 0 Å². The summed E-state index contributed by atoms with van der Waals surface area (Å²) in [6, 6.07) is 0. The smallest absolute Gasteiger partial charge is 0.0443 e. The van der Waals surface area contributed by atoms with Crippen molar-refractivity contribution in [2.75, 3.05) is 0 Å². The van der Waals surface area contributed by atoms with E-state index in [1.807, 2.05) is 0 Å². The van der Waals surface area contributed by atoms with Crippen LogP contribution in [0.15, 0.2) is 0 Å². The third kappa shape index (κ3) is 24.0. The van der Waals surface area contributed by atoms with E-state index >= 15 is 0 Å². The quantitative estimate of drug-likeness (QED) is 0.143. The molecule has 0 amide bonds. The molecule has 0 fully saturated rings. The van der Waals surface area contributed by atoms with Crippen molar-refractivity contribution >= 4 is 0 Å². The van der Waals surface area contributed by atoms with Crippen molar-refractivity contribution in [2.45, 2.75) is 175 Å². The molecule has 0 aliphatic rings. The molecular formula is C28H58. The number of hydrogen-bond acceptors (Lipinski definition) is 0. The van der Waals surface area contributed by atoms with Gasteiger partial charge in [0.15, 0.2) is 0 Å². The van der Waals surface area contributed by atoms with E-state index in [2.05, 4.69) is 20.8 Å². The van der Waals surface area contributed by atoms with Crippen molar-refractivity contribution in [3.05, 3.63) is 0 Å². The fraction of sp³-hybridized carbons (Fsp3) is 1.00. The van der Waals surface area contributed by atoms with E-state index in [0.29, 0.717) is 0 Å². The van der Waals surface area contributed by atoms with Gasteiger partial charge in [-0.25, -0.2) is 0 Å². The highest BCUT2D eigenvalue weighted by Gasteiger charge is 2.02. The van der Waals surface area contributed by atoms with Gasteiger partial charge in [0, 0.05) is 0 Å². The zero-order valence-corrected chi connectivity index (χ0v) is 20.5. The standard InChI is InChI=1S/C28H58/c1-4-6-8-10-12-14-16-18-20-22-24-26-28(3)27-25-23-21-19-17-15-13-11-9-7-5-2/h28H,4-27H2,1-3H3. The minimum absolute atomic E-state index is 0.970. The van der Waals surface area contributed by atoms with Crippen LogP contribution in [0.5, 0.6) is 0 Å². The fourth-order valence-corrected chi connectivity index (χ4v) is 4.46. The van der Waals surface area contributed by atoms with Gasteiger partial charge in [-0.2, -0.15) is 0 Å². The predicted molar refractivity (Wildman–Crippen MR) is 131 cm³/mol. The Morgan fingerprint density at radius 3 is 0.786 bits per heavy atom. The van der Waals surface area contributed by atoms with Crippen LogP contribution >= 0.6 is 0 Å². The van der Waals surface area contributed by atoms with E-state index in [-0.39, 0.29) is 0 Å². The monoisotopic (exact) mass is 394 g/mol. The summed E-state index contributed by atoms with van der Waals surface area (Å²) in [5.74, 6) is 0.970. The summed E-state index contributed by atoms with van der Waals surface area (Å²) in [6.45, 7) is 7.10. The average Bonchev–Trinajstić information content (AvgIpc) is 2.70. The third-order valence-electron chi connectivity index (χ3n) is 6.60. The van der Waals surface area contributed by atoms with Crippen LogP contribution < -0.4 is 0 Å². The first-order valence-corrected chi connectivity index (χ1v) is 13.8. The molecule has 170 valence electrons. The van der Waals surface area contributed by atoms with E-state index in [4.69, 9.17) is 0 Å². The molecule has 0 rings (SSSR count). The first kappa shape index (κ1) is 28.0. The van der Waals surface area contributed by atoms with Crippen LogP contribution in [0.25, 0.3) is 0 Å². The molecule has 28 heavy (non-hydrogen) atoms. The van der Waals surface area contributed by atoms with Crippen LogP contribution in [-0.4, -0.2) is 0 Å². The molecule has 0 N–H and O–H groups in total. The van der Waals surface area contributed by atoms with Crippen molar-refractivity contribution in [1.29, 1.82) is 0 Å². The Hall–Kier alpha value is 0. The van der Waals surface area contributed by atoms with Crippen LogP contribution in [0.2, 0.25) is 0 Å². The van der Waals surface area contributed by atoms with Crippen molar-refractivity contribution in [2.24, 2.45) is 5.92 Å². The summed E-state index contributed by atoms with van der Waals surface area (Å²) in [4.78, 5) is 0. The van der Waals surface area contributed by atoms with Crippen molar-refractivity contribution < 1.29 is 0 Å². The minimum atomic E-state index is 0.970. The van der Waals surface area contributed by atoms with Gasteiger partial charge in [0.25, 0.3) is 0 Å². The molecule has 0 heteroatoms. The lowest BCUT2D eigenvalue weighted by Gasteiger charge is -2.11. The summed E-state index contributed by atoms with van der Waals surface area (Å²) < 4.78 is 0. The van der Waals surface area contributed by atoms with E-state index in [9.17, 15) is 0 Å². The van der Waals surface area contributed by atoms with E-state index in [0.717, 1.165) is 5.92 Å². The largest absolute Gasteiger partial charge is 0.0654 e. The topological polar surface area (TPSA) is 0 Å². The maximum absolute atomic E-state index is 2.49. The molecule has 0 aromatic carbocycles. The average molecular weight is 395 g/mol. The van der Waals surface area contributed by atoms with Gasteiger partial charge >= 0.3 is 0 Å². The maximum Gasteiger partial charge on any atom is -0.0443 e. The van der Waals surface area contributed by atoms with Gasteiger partial charge < -0.3 is 0 Å². The highest BCUT2D eigenvalue weighted by Crippen LogP contribution is 2.19. The highest BCUT2D eigenvalue weighted by molar-refractivity contribution is 4.56. The minimum Gasteiger partial charge on any atom is -0.0654 e. The lowest BCUT2D eigenvalue weighted by molar-refractivity contribution is 0.429. The van der Waals surface area contributed by atoms with Gasteiger partial charge in [-0.15, -0.1) is 0 Å². The van der Waals surface area contributed by atoms with E-state index < -0.39 is 0 Å². The zero-order chi connectivity index (χ0) is 20.5. The van der Waals surface area contributed by atoms with Gasteiger partial charge in [0.05, 0.1) is 0 Å². The summed E-state index contributed by atoms with van der Waals surface area (Å²) in [7, 11) is 0. The number of unbranched alkanes of at least 4 members (excludes halogenated alkanes) is 20. The normalized spacial score (nSPS) is 11.6. The van der Waals surface area contributed by atoms with Crippen LogP contribution in [-0.2, 0) is 0 Å². The Labute approximate surface area is 181 Å². The molecule has 0 radical (unpaired) electrons. The second-order valence-corrected chi connectivity index (χ2v) is 9.75. The molecule has 0 aromatic heterocycles. The lowest BCUT2D eigenvalue weighted by atomic mass is 9.95. The Kier molecular flexibility index (Phi) is 25.0. The second-order valence-electron chi connectivity index (χ2n) is 9.75. The van der Waals surface area contributed by atoms with Crippen LogP contribution in [0.3, 0.4) is 0 Å². The molecule has 0 aliphatic heterocycles. The molecule has 0 aliphatic carbocycles. The van der Waals surface area contributed by atoms with Crippen molar-refractivity contribution in [3.63, 3.8) is 0 Å². The van der Waals surface area contributed by atoms with E-state index in [1.165, 1.54) is 154 Å². The summed E-state index contributed by atoms with van der Waals surface area (Å²) in [5.41, 5.74) is 0. The van der Waals surface area contributed by atoms with Gasteiger partial charge in [-0.05, 0) is 5.92 Å². The molecular weight excluding hydrogens is 336 g/mol. The third-order valence-corrected chi connectivity index (χ3v) is 6.60. The fourth-order valence-electron chi connectivity index (χ4n) is 4.46. The summed E-state index contributed by atoms with van der Waals surface area (Å²) >= 11 is 0. The predicted octanol–water partition coefficient (Wildman–Crippen LogP) is 11.0. The van der Waals surface area contributed by atoms with Gasteiger partial charge in [0.1, 0.15) is 0 Å². The van der Waals surface area contributed by atoms with Gasteiger partial charge in [-0.1, -0.05) is 175 Å². The summed E-state index contributed by atoms with van der Waals surface area (Å²) in [5, 5.41) is 0. The maximum atomic E-state index is 2.49. The molecule has 0 heterocycles. The van der Waals surface area contributed by atoms with Crippen molar-refractivity contribution in [1.82, 2.24) is 0 Å². The molecule has 0 atom stereocenters. The molecule has 0 unspecified atom stereocenters. The molecule has 0 spiro atoms. The van der Waals surface area contributed by atoms with Crippen molar-refractivity contribution in [3.8, 4) is 0 Å². The Morgan fingerprint density at radius 2 is 0.536 bits per heavy atom. The van der Waals surface area contributed by atoms with Crippen LogP contribution in [0, 0.1) is 5.92 Å². The highest BCUT2D eigenvalue weighted by atomic mass is 14.1. The summed E-state index contributed by atoms with van der Waals surface area (Å²) in [6.07, 6.45) is 35.3. The Morgan fingerprint density at radius 1 is 0.321 bits per heavy atom. The second kappa shape index (κ2) is 25.0. The molecule has 0 saturated heterocycles. The lowest BCUT2D eigenvalue weighted by Crippen LogP contribution is -1.95. The Bertz CT molecular complexity index is 231. The first-order valence-electron chi connectivity index (χ1n) is 13.8. The molecule has 0 aromatic rings. The SMILES string of the molecule is CCCCCCCCCCCCCC(C)CCCCCCCCCCCCC. The van der Waals surface area contributed by atoms with Gasteiger partial charge in [0.2, 0.25) is 0 Å². The number of rotatable bonds is 24. The molecule has 0 bridgehead atoms. The zero-order valence-electron chi connectivity index (χ0n) is 20.5. The Balaban J connectivity index is 3.12. The first-order chi connectivity index (χ1) is 13.8. The molecule has 0 nitrogen and oxygen atoms in total. The van der Waals surface area contributed by atoms with Gasteiger partial charge in [-0.3, -0.25) is 0 Å². The van der Waals surface area contributed by atoms with Crippen LogP contribution in [0.1, 0.15) is 175 Å².